The summed E-state index contributed by atoms with van der Waals surface area (Å²) in [5.74, 6) is 1.23. The molecule has 9 heteroatoms. The molecule has 5 rings (SSSR count). The van der Waals surface area contributed by atoms with Gasteiger partial charge < -0.3 is 24.7 Å². The number of amides is 1. The largest absolute Gasteiger partial charge is 0.489 e. The Morgan fingerprint density at radius 2 is 1.95 bits per heavy atom. The highest BCUT2D eigenvalue weighted by molar-refractivity contribution is 9.10. The van der Waals surface area contributed by atoms with Gasteiger partial charge in [0, 0.05) is 61.2 Å². The molecule has 2 aromatic carbocycles. The van der Waals surface area contributed by atoms with Crippen molar-refractivity contribution in [3.63, 3.8) is 0 Å². The number of aromatic nitrogens is 3. The van der Waals surface area contributed by atoms with Crippen molar-refractivity contribution in [1.82, 2.24) is 19.9 Å². The van der Waals surface area contributed by atoms with Crippen LogP contribution < -0.4 is 10.1 Å². The number of carbonyl (C=O) groups is 1. The summed E-state index contributed by atoms with van der Waals surface area (Å²) in [4.78, 5) is 26.5. The fourth-order valence-electron chi connectivity index (χ4n) is 4.25. The fourth-order valence-corrected chi connectivity index (χ4v) is 4.70. The molecule has 1 amide bonds. The predicted octanol–water partition coefficient (Wildman–Crippen LogP) is 6.91. The number of hydrogen-bond acceptors (Lipinski definition) is 6. The lowest BCUT2D eigenvalue weighted by Crippen LogP contribution is -2.44. The van der Waals surface area contributed by atoms with Crippen molar-refractivity contribution in [2.45, 2.75) is 45.3 Å². The molecule has 0 spiro atoms. The number of likely N-dealkylation sites (tertiary alicyclic amines) is 1. The lowest BCUT2D eigenvalue weighted by atomic mass is 10.1. The molecule has 0 bridgehead atoms. The highest BCUT2D eigenvalue weighted by Gasteiger charge is 2.28. The summed E-state index contributed by atoms with van der Waals surface area (Å²) in [5.41, 5.74) is 3.31. The summed E-state index contributed by atoms with van der Waals surface area (Å²) in [6, 6.07) is 16.0. The number of ether oxygens (including phenoxy) is 2. The number of piperidine rings is 1. The van der Waals surface area contributed by atoms with Crippen molar-refractivity contribution in [2.24, 2.45) is 0 Å². The molecule has 0 atom stereocenters. The first-order chi connectivity index (χ1) is 17.7. The Morgan fingerprint density at radius 1 is 1.14 bits per heavy atom. The van der Waals surface area contributed by atoms with Crippen LogP contribution in [-0.4, -0.2) is 50.7 Å². The van der Waals surface area contributed by atoms with Crippen LogP contribution in [0.5, 0.6) is 5.75 Å². The molecule has 3 heterocycles. The molecule has 1 fully saturated rings. The first-order valence-corrected chi connectivity index (χ1v) is 13.1. The van der Waals surface area contributed by atoms with E-state index in [9.17, 15) is 4.79 Å². The smallest absolute Gasteiger partial charge is 0.410 e. The van der Waals surface area contributed by atoms with Crippen LogP contribution in [0.25, 0.3) is 22.2 Å². The molecule has 37 heavy (non-hydrogen) atoms. The number of carbonyl (C=O) groups excluding carboxylic acids is 1. The van der Waals surface area contributed by atoms with E-state index >= 15 is 0 Å². The molecule has 8 nitrogen and oxygen atoms in total. The van der Waals surface area contributed by atoms with Crippen LogP contribution in [0.15, 0.2) is 65.4 Å². The van der Waals surface area contributed by atoms with Gasteiger partial charge in [0.2, 0.25) is 5.95 Å². The topological polar surface area (TPSA) is 92.4 Å². The van der Waals surface area contributed by atoms with E-state index < -0.39 is 5.60 Å². The molecule has 1 aliphatic heterocycles. The molecule has 1 saturated heterocycles. The third-order valence-electron chi connectivity index (χ3n) is 6.05. The summed E-state index contributed by atoms with van der Waals surface area (Å²) < 4.78 is 12.7. The number of nitrogens with zero attached hydrogens (tertiary/aromatic N) is 3. The van der Waals surface area contributed by atoms with E-state index in [2.05, 4.69) is 43.3 Å². The van der Waals surface area contributed by atoms with Crippen molar-refractivity contribution in [3.8, 4) is 17.0 Å². The monoisotopic (exact) mass is 563 g/mol. The van der Waals surface area contributed by atoms with Crippen LogP contribution >= 0.6 is 15.9 Å². The molecule has 0 radical (unpaired) electrons. The van der Waals surface area contributed by atoms with E-state index in [1.165, 1.54) is 0 Å². The third-order valence-corrected chi connectivity index (χ3v) is 6.67. The van der Waals surface area contributed by atoms with Crippen molar-refractivity contribution in [3.05, 3.63) is 65.4 Å². The average molecular weight is 564 g/mol. The number of H-pyrrole nitrogens is 1. The Hall–Kier alpha value is -3.59. The number of nitrogens with one attached hydrogen (secondary N) is 2. The predicted molar refractivity (Wildman–Crippen MR) is 148 cm³/mol. The van der Waals surface area contributed by atoms with Gasteiger partial charge in [0.1, 0.15) is 17.5 Å². The highest BCUT2D eigenvalue weighted by atomic mass is 79.9. The van der Waals surface area contributed by atoms with Crippen LogP contribution in [0, 0.1) is 0 Å². The van der Waals surface area contributed by atoms with Gasteiger partial charge in [-0.3, -0.25) is 0 Å². The van der Waals surface area contributed by atoms with Gasteiger partial charge in [0.25, 0.3) is 0 Å². The van der Waals surface area contributed by atoms with E-state index in [1.807, 2.05) is 63.4 Å². The zero-order valence-electron chi connectivity index (χ0n) is 21.1. The van der Waals surface area contributed by atoms with E-state index in [0.717, 1.165) is 50.9 Å². The molecule has 0 unspecified atom stereocenters. The van der Waals surface area contributed by atoms with Crippen LogP contribution in [0.3, 0.4) is 0 Å². The second-order valence-corrected chi connectivity index (χ2v) is 11.0. The number of rotatable bonds is 5. The quantitative estimate of drug-likeness (QED) is 0.274. The minimum atomic E-state index is -0.499. The minimum absolute atomic E-state index is 0.00241. The Labute approximate surface area is 224 Å². The molecule has 2 N–H and O–H groups in total. The summed E-state index contributed by atoms with van der Waals surface area (Å²) in [6.45, 7) is 6.83. The summed E-state index contributed by atoms with van der Waals surface area (Å²) in [5, 5.41) is 4.21. The first-order valence-electron chi connectivity index (χ1n) is 12.4. The number of aromatic amines is 1. The Balaban J connectivity index is 1.27. The number of benzene rings is 2. The molecule has 0 saturated carbocycles. The number of fused-ring (bicyclic) bond motifs is 1. The van der Waals surface area contributed by atoms with Gasteiger partial charge in [-0.15, -0.1) is 0 Å². The number of anilines is 2. The van der Waals surface area contributed by atoms with E-state index in [4.69, 9.17) is 14.5 Å². The third kappa shape index (κ3) is 6.22. The number of halogens is 1. The van der Waals surface area contributed by atoms with Crippen molar-refractivity contribution >= 4 is 44.6 Å². The van der Waals surface area contributed by atoms with E-state index in [-0.39, 0.29) is 12.2 Å². The summed E-state index contributed by atoms with van der Waals surface area (Å²) in [6.07, 6.45) is 4.90. The van der Waals surface area contributed by atoms with Gasteiger partial charge in [-0.05, 0) is 72.6 Å². The van der Waals surface area contributed by atoms with Gasteiger partial charge in [-0.1, -0.05) is 12.1 Å². The standard InChI is InChI=1S/C28H30BrN5O3/c1-28(2,3)37-27(35)34-12-9-21(10-13-34)36-25-16-24-19(15-22(25)29)17-31-26(33-24)32-20-7-4-6-18(14-20)23-8-5-11-30-23/h4-8,11,14-17,21,30H,9-10,12-13H2,1-3H3,(H,31,32,33). The zero-order chi connectivity index (χ0) is 26.0. The van der Waals surface area contributed by atoms with Gasteiger partial charge >= 0.3 is 6.09 Å². The SMILES string of the molecule is CC(C)(C)OC(=O)N1CCC(Oc2cc3nc(Nc4cccc(-c5ccc[nH]5)c4)ncc3cc2Br)CC1. The molecule has 1 aliphatic rings. The second kappa shape index (κ2) is 10.4. The lowest BCUT2D eigenvalue weighted by molar-refractivity contribution is 0.0126. The highest BCUT2D eigenvalue weighted by Crippen LogP contribution is 2.32. The van der Waals surface area contributed by atoms with Crippen molar-refractivity contribution < 1.29 is 14.3 Å². The zero-order valence-corrected chi connectivity index (χ0v) is 22.7. The summed E-state index contributed by atoms with van der Waals surface area (Å²) >= 11 is 3.63. The van der Waals surface area contributed by atoms with Crippen LogP contribution in [0.2, 0.25) is 0 Å². The maximum atomic E-state index is 12.4. The molecule has 2 aromatic heterocycles. The normalized spacial score (nSPS) is 14.5. The van der Waals surface area contributed by atoms with Crippen LogP contribution in [-0.2, 0) is 4.74 Å². The Morgan fingerprint density at radius 3 is 2.68 bits per heavy atom. The first kappa shape index (κ1) is 25.1. The average Bonchev–Trinajstić information content (AvgIpc) is 3.40. The van der Waals surface area contributed by atoms with E-state index in [1.54, 1.807) is 11.1 Å². The maximum Gasteiger partial charge on any atom is 0.410 e. The second-order valence-electron chi connectivity index (χ2n) is 10.1. The fraction of sp³-hybridized carbons (Fsp3) is 0.321. The van der Waals surface area contributed by atoms with Gasteiger partial charge in [0.05, 0.1) is 9.99 Å². The molecule has 0 aliphatic carbocycles. The van der Waals surface area contributed by atoms with E-state index in [0.29, 0.717) is 19.0 Å². The Bertz CT molecular complexity index is 1390. The lowest BCUT2D eigenvalue weighted by Gasteiger charge is -2.33. The maximum absolute atomic E-state index is 12.4. The van der Waals surface area contributed by atoms with Crippen molar-refractivity contribution in [2.75, 3.05) is 18.4 Å². The van der Waals surface area contributed by atoms with Crippen LogP contribution in [0.1, 0.15) is 33.6 Å². The van der Waals surface area contributed by atoms with Gasteiger partial charge in [-0.25, -0.2) is 14.8 Å². The Kier molecular flexibility index (Phi) is 7.06. The molecular weight excluding hydrogens is 534 g/mol. The van der Waals surface area contributed by atoms with Gasteiger partial charge in [0.15, 0.2) is 0 Å². The molecule has 4 aromatic rings. The van der Waals surface area contributed by atoms with Crippen molar-refractivity contribution in [1.29, 1.82) is 0 Å². The summed E-state index contributed by atoms with van der Waals surface area (Å²) in [7, 11) is 0. The van der Waals surface area contributed by atoms with Gasteiger partial charge in [-0.2, -0.15) is 0 Å². The van der Waals surface area contributed by atoms with Crippen LogP contribution in [0.4, 0.5) is 16.4 Å². The molecule has 192 valence electrons. The number of hydrogen-bond donors (Lipinski definition) is 2. The minimum Gasteiger partial charge on any atom is -0.489 e. The molecular formula is C28H30BrN5O3.